The fourth-order valence-electron chi connectivity index (χ4n) is 2.25. The Morgan fingerprint density at radius 3 is 3.00 bits per heavy atom. The molecule has 0 atom stereocenters. The first-order chi connectivity index (χ1) is 11.2. The van der Waals surface area contributed by atoms with Crippen molar-refractivity contribution < 1.29 is 9.90 Å². The first kappa shape index (κ1) is 14.4. The van der Waals surface area contributed by atoms with Crippen molar-refractivity contribution in [3.05, 3.63) is 46.5 Å². The van der Waals surface area contributed by atoms with Crippen LogP contribution in [0.4, 0.5) is 9.80 Å². The van der Waals surface area contributed by atoms with Crippen molar-refractivity contribution in [2.75, 3.05) is 4.90 Å². The zero-order valence-corrected chi connectivity index (χ0v) is 14.1. The summed E-state index contributed by atoms with van der Waals surface area (Å²) in [5.74, 6) is 0. The summed E-state index contributed by atoms with van der Waals surface area (Å²) in [6, 6.07) is 3.86. The van der Waals surface area contributed by atoms with Crippen LogP contribution in [-0.4, -0.2) is 25.1 Å². The average molecular weight is 362 g/mol. The number of carbonyl (C=O) groups is 1. The second kappa shape index (κ2) is 5.76. The summed E-state index contributed by atoms with van der Waals surface area (Å²) >= 11 is 4.26. The second-order valence-corrected chi connectivity index (χ2v) is 7.37. The van der Waals surface area contributed by atoms with Crippen molar-refractivity contribution >= 4 is 55.5 Å². The SMILES string of the molecule is O=C(O)N(Cc1cccs1)c1snc2c(-n3ccnc3)csc12. The van der Waals surface area contributed by atoms with Crippen LogP contribution in [0, 0.1) is 0 Å². The van der Waals surface area contributed by atoms with Crippen LogP contribution in [-0.2, 0) is 6.54 Å². The Labute approximate surface area is 143 Å². The number of hydrogen-bond donors (Lipinski definition) is 1. The van der Waals surface area contributed by atoms with E-state index >= 15 is 0 Å². The molecule has 4 heterocycles. The monoisotopic (exact) mass is 362 g/mol. The number of fused-ring (bicyclic) bond motifs is 1. The van der Waals surface area contributed by atoms with Gasteiger partial charge >= 0.3 is 6.09 Å². The number of imidazole rings is 1. The number of aromatic nitrogens is 3. The number of nitrogens with zero attached hydrogens (tertiary/aromatic N) is 4. The topological polar surface area (TPSA) is 71.2 Å². The minimum atomic E-state index is -0.971. The van der Waals surface area contributed by atoms with E-state index in [0.717, 1.165) is 20.8 Å². The molecule has 0 bridgehead atoms. The zero-order valence-electron chi connectivity index (χ0n) is 11.6. The minimum absolute atomic E-state index is 0.336. The van der Waals surface area contributed by atoms with Crippen LogP contribution < -0.4 is 4.90 Å². The predicted octanol–water partition coefficient (Wildman–Crippen LogP) is 4.29. The molecule has 0 aliphatic rings. The van der Waals surface area contributed by atoms with Gasteiger partial charge in [-0.15, -0.1) is 22.7 Å². The average Bonchev–Trinajstić information content (AvgIpc) is 3.28. The van der Waals surface area contributed by atoms with Gasteiger partial charge in [-0.3, -0.25) is 4.90 Å². The van der Waals surface area contributed by atoms with Gasteiger partial charge in [0.1, 0.15) is 10.5 Å². The summed E-state index contributed by atoms with van der Waals surface area (Å²) in [4.78, 5) is 18.1. The van der Waals surface area contributed by atoms with E-state index in [1.165, 1.54) is 27.8 Å². The van der Waals surface area contributed by atoms with Crippen LogP contribution in [0.3, 0.4) is 0 Å². The van der Waals surface area contributed by atoms with Gasteiger partial charge in [-0.25, -0.2) is 9.78 Å². The summed E-state index contributed by atoms with van der Waals surface area (Å²) in [6.07, 6.45) is 4.29. The molecule has 0 unspecified atom stereocenters. The highest BCUT2D eigenvalue weighted by Gasteiger charge is 2.23. The normalized spacial score (nSPS) is 11.1. The van der Waals surface area contributed by atoms with E-state index in [-0.39, 0.29) is 0 Å². The molecule has 0 radical (unpaired) electrons. The first-order valence-corrected chi connectivity index (χ1v) is 9.15. The third-order valence-electron chi connectivity index (χ3n) is 3.32. The van der Waals surface area contributed by atoms with Gasteiger partial charge in [-0.1, -0.05) is 6.07 Å². The van der Waals surface area contributed by atoms with Gasteiger partial charge < -0.3 is 9.67 Å². The Morgan fingerprint density at radius 1 is 1.39 bits per heavy atom. The van der Waals surface area contributed by atoms with Gasteiger partial charge in [-0.05, 0) is 23.0 Å². The summed E-state index contributed by atoms with van der Waals surface area (Å²) in [7, 11) is 0. The molecule has 0 aromatic carbocycles. The van der Waals surface area contributed by atoms with Gasteiger partial charge in [0.2, 0.25) is 0 Å². The summed E-state index contributed by atoms with van der Waals surface area (Å²) in [5, 5.41) is 14.2. The van der Waals surface area contributed by atoms with E-state index in [9.17, 15) is 9.90 Å². The first-order valence-electron chi connectivity index (χ1n) is 6.62. The standard InChI is InChI=1S/C14H10N4O2S3/c19-14(20)18(6-9-2-1-5-21-9)13-12-11(16-23-13)10(7-22-12)17-4-3-15-8-17/h1-5,7-8H,6H2,(H,19,20). The highest BCUT2D eigenvalue weighted by Crippen LogP contribution is 2.39. The van der Waals surface area contributed by atoms with Crippen LogP contribution in [0.5, 0.6) is 0 Å². The van der Waals surface area contributed by atoms with Crippen LogP contribution in [0.15, 0.2) is 41.6 Å². The summed E-state index contributed by atoms with van der Waals surface area (Å²) in [6.45, 7) is 0.336. The van der Waals surface area contributed by atoms with E-state index in [4.69, 9.17) is 0 Å². The quantitative estimate of drug-likeness (QED) is 0.588. The van der Waals surface area contributed by atoms with Crippen LogP contribution in [0.2, 0.25) is 0 Å². The Kier molecular flexibility index (Phi) is 3.60. The Morgan fingerprint density at radius 2 is 2.30 bits per heavy atom. The molecular weight excluding hydrogens is 352 g/mol. The summed E-state index contributed by atoms with van der Waals surface area (Å²) < 4.78 is 7.24. The maximum absolute atomic E-state index is 11.7. The van der Waals surface area contributed by atoms with Gasteiger partial charge in [0.05, 0.1) is 23.3 Å². The lowest BCUT2D eigenvalue weighted by molar-refractivity contribution is 0.201. The highest BCUT2D eigenvalue weighted by atomic mass is 32.1. The van der Waals surface area contributed by atoms with E-state index < -0.39 is 6.09 Å². The molecule has 0 spiro atoms. The molecule has 0 saturated carbocycles. The van der Waals surface area contributed by atoms with E-state index in [0.29, 0.717) is 11.5 Å². The van der Waals surface area contributed by atoms with Gasteiger partial charge in [0.15, 0.2) is 0 Å². The molecule has 116 valence electrons. The summed E-state index contributed by atoms with van der Waals surface area (Å²) in [5.41, 5.74) is 1.73. The Hall–Kier alpha value is -2.23. The maximum atomic E-state index is 11.7. The zero-order chi connectivity index (χ0) is 15.8. The molecule has 6 nitrogen and oxygen atoms in total. The number of rotatable bonds is 4. The van der Waals surface area contributed by atoms with Crippen LogP contribution >= 0.6 is 34.2 Å². The van der Waals surface area contributed by atoms with Crippen molar-refractivity contribution in [3.8, 4) is 5.69 Å². The van der Waals surface area contributed by atoms with Crippen molar-refractivity contribution in [3.63, 3.8) is 0 Å². The molecule has 4 rings (SSSR count). The smallest absolute Gasteiger partial charge is 0.412 e. The molecule has 4 aromatic heterocycles. The fraction of sp³-hybridized carbons (Fsp3) is 0.0714. The van der Waals surface area contributed by atoms with Crippen LogP contribution in [0.25, 0.3) is 15.9 Å². The second-order valence-electron chi connectivity index (χ2n) is 4.70. The number of anilines is 1. The molecule has 1 N–H and O–H groups in total. The molecule has 0 fully saturated rings. The van der Waals surface area contributed by atoms with E-state index in [1.54, 1.807) is 23.9 Å². The van der Waals surface area contributed by atoms with Crippen molar-refractivity contribution in [2.45, 2.75) is 6.54 Å². The fourth-order valence-corrected chi connectivity index (χ4v) is 4.98. The molecule has 0 aliphatic heterocycles. The van der Waals surface area contributed by atoms with Crippen molar-refractivity contribution in [1.82, 2.24) is 13.9 Å². The Bertz CT molecular complexity index is 940. The number of thiophene rings is 2. The lowest BCUT2D eigenvalue weighted by Crippen LogP contribution is -2.27. The molecule has 0 aliphatic carbocycles. The van der Waals surface area contributed by atoms with Crippen molar-refractivity contribution in [2.24, 2.45) is 0 Å². The molecule has 0 saturated heterocycles. The van der Waals surface area contributed by atoms with Gasteiger partial charge in [0.25, 0.3) is 0 Å². The minimum Gasteiger partial charge on any atom is -0.465 e. The third kappa shape index (κ3) is 2.52. The van der Waals surface area contributed by atoms with Crippen LogP contribution in [0.1, 0.15) is 4.88 Å². The molecule has 23 heavy (non-hydrogen) atoms. The number of carboxylic acid groups (broad SMARTS) is 1. The molecule has 1 amide bonds. The lowest BCUT2D eigenvalue weighted by Gasteiger charge is -2.15. The lowest BCUT2D eigenvalue weighted by atomic mass is 10.4. The largest absolute Gasteiger partial charge is 0.465 e. The number of hydrogen-bond acceptors (Lipinski definition) is 6. The van der Waals surface area contributed by atoms with Crippen molar-refractivity contribution in [1.29, 1.82) is 0 Å². The third-order valence-corrected chi connectivity index (χ3v) is 6.14. The highest BCUT2D eigenvalue weighted by molar-refractivity contribution is 7.24. The molecule has 4 aromatic rings. The molecular formula is C14H10N4O2S3. The van der Waals surface area contributed by atoms with E-state index in [1.807, 2.05) is 33.7 Å². The molecule has 9 heteroatoms. The predicted molar refractivity (Wildman–Crippen MR) is 93.1 cm³/mol. The number of amides is 1. The van der Waals surface area contributed by atoms with E-state index in [2.05, 4.69) is 9.36 Å². The Balaban J connectivity index is 1.77. The van der Waals surface area contributed by atoms with Gasteiger partial charge in [0, 0.05) is 22.7 Å². The maximum Gasteiger partial charge on any atom is 0.412 e. The van der Waals surface area contributed by atoms with Gasteiger partial charge in [-0.2, -0.15) is 4.37 Å².